The first-order chi connectivity index (χ1) is 9.93. The van der Waals surface area contributed by atoms with Crippen molar-refractivity contribution in [2.24, 2.45) is 0 Å². The van der Waals surface area contributed by atoms with Crippen molar-refractivity contribution < 1.29 is 4.74 Å². The van der Waals surface area contributed by atoms with Crippen LogP contribution in [0.4, 0.5) is 5.69 Å². The van der Waals surface area contributed by atoms with Gasteiger partial charge in [0.15, 0.2) is 0 Å². The third-order valence-electron chi connectivity index (χ3n) is 3.77. The van der Waals surface area contributed by atoms with Gasteiger partial charge in [0.1, 0.15) is 5.02 Å². The van der Waals surface area contributed by atoms with Crippen molar-refractivity contribution in [3.63, 3.8) is 0 Å². The Bertz CT molecular complexity index is 542. The van der Waals surface area contributed by atoms with Crippen molar-refractivity contribution >= 4 is 17.3 Å². The fourth-order valence-electron chi connectivity index (χ4n) is 2.61. The molecule has 1 aromatic rings. The number of nitrogens with one attached hydrogen (secondary N) is 1. The summed E-state index contributed by atoms with van der Waals surface area (Å²) in [5.74, 6) is 0. The summed E-state index contributed by atoms with van der Waals surface area (Å²) >= 11 is 6.20. The minimum Gasteiger partial charge on any atom is -0.379 e. The molecule has 1 atom stereocenters. The highest BCUT2D eigenvalue weighted by Gasteiger charge is 2.29. The second-order valence-electron chi connectivity index (χ2n) is 6.20. The first-order valence-corrected chi connectivity index (χ1v) is 7.97. The smallest absolute Gasteiger partial charge is 0.287 e. The lowest BCUT2D eigenvalue weighted by molar-refractivity contribution is -0.0553. The summed E-state index contributed by atoms with van der Waals surface area (Å²) in [5.41, 5.74) is 0.255. The van der Waals surface area contributed by atoms with Crippen LogP contribution in [-0.2, 0) is 11.3 Å². The number of unbranched alkanes of at least 4 members (excludes halogenated alkanes) is 1. The number of halogens is 1. The molecule has 0 aliphatic carbocycles. The number of hydrogen-bond acceptors (Lipinski definition) is 4. The van der Waals surface area contributed by atoms with Crippen LogP contribution in [0.3, 0.4) is 0 Å². The highest BCUT2D eigenvalue weighted by Crippen LogP contribution is 2.27. The molecule has 6 heteroatoms. The maximum Gasteiger partial charge on any atom is 0.287 e. The quantitative estimate of drug-likeness (QED) is 0.907. The lowest BCUT2D eigenvalue weighted by Gasteiger charge is -2.36. The molecule has 2 rings (SSSR count). The van der Waals surface area contributed by atoms with Crippen LogP contribution >= 0.6 is 11.6 Å². The Morgan fingerprint density at radius 1 is 1.57 bits per heavy atom. The number of aryl methyl sites for hydroxylation is 1. The van der Waals surface area contributed by atoms with Gasteiger partial charge in [-0.25, -0.2) is 4.68 Å². The van der Waals surface area contributed by atoms with Gasteiger partial charge in [-0.3, -0.25) is 4.79 Å². The standard InChI is InChI=1S/C15H24ClN3O2/c1-4-5-7-19-14(20)13(16)12(10-17-19)18-11-6-8-21-15(2,3)9-11/h10-11,18H,4-9H2,1-3H3. The molecule has 21 heavy (non-hydrogen) atoms. The Hall–Kier alpha value is -1.07. The SMILES string of the molecule is CCCCn1ncc(NC2CCOC(C)(C)C2)c(Cl)c1=O. The summed E-state index contributed by atoms with van der Waals surface area (Å²) in [6.07, 6.45) is 5.37. The molecule has 1 aromatic heterocycles. The number of nitrogens with zero attached hydrogens (tertiary/aromatic N) is 2. The van der Waals surface area contributed by atoms with Gasteiger partial charge < -0.3 is 10.1 Å². The van der Waals surface area contributed by atoms with Crippen LogP contribution < -0.4 is 10.9 Å². The monoisotopic (exact) mass is 313 g/mol. The Morgan fingerprint density at radius 2 is 2.33 bits per heavy atom. The van der Waals surface area contributed by atoms with Gasteiger partial charge in [0, 0.05) is 19.2 Å². The first kappa shape index (κ1) is 16.3. The summed E-state index contributed by atoms with van der Waals surface area (Å²) in [6, 6.07) is 0.249. The Kier molecular flexibility index (Phi) is 5.27. The molecule has 1 aliphatic heterocycles. The highest BCUT2D eigenvalue weighted by molar-refractivity contribution is 6.32. The predicted octanol–water partition coefficient (Wildman–Crippen LogP) is 3.07. The Morgan fingerprint density at radius 3 is 3.00 bits per heavy atom. The van der Waals surface area contributed by atoms with Crippen LogP contribution in [0.25, 0.3) is 0 Å². The van der Waals surface area contributed by atoms with E-state index in [1.165, 1.54) is 4.68 Å². The number of anilines is 1. The minimum atomic E-state index is -0.221. The summed E-state index contributed by atoms with van der Waals surface area (Å²) < 4.78 is 7.13. The van der Waals surface area contributed by atoms with E-state index in [0.717, 1.165) is 25.7 Å². The number of rotatable bonds is 5. The molecule has 0 radical (unpaired) electrons. The molecule has 1 aliphatic rings. The third kappa shape index (κ3) is 4.20. The molecule has 0 amide bonds. The van der Waals surface area contributed by atoms with Crippen molar-refractivity contribution in [2.45, 2.75) is 64.6 Å². The van der Waals surface area contributed by atoms with Crippen LogP contribution in [0.15, 0.2) is 11.0 Å². The number of aromatic nitrogens is 2. The van der Waals surface area contributed by atoms with Gasteiger partial charge in [0.2, 0.25) is 0 Å². The fraction of sp³-hybridized carbons (Fsp3) is 0.733. The maximum atomic E-state index is 12.2. The maximum absolute atomic E-state index is 12.2. The Labute approximate surface area is 130 Å². The van der Waals surface area contributed by atoms with Crippen molar-refractivity contribution in [1.29, 1.82) is 0 Å². The van der Waals surface area contributed by atoms with Crippen LogP contribution in [0.5, 0.6) is 0 Å². The highest BCUT2D eigenvalue weighted by atomic mass is 35.5. The van der Waals surface area contributed by atoms with E-state index in [-0.39, 0.29) is 22.2 Å². The summed E-state index contributed by atoms with van der Waals surface area (Å²) in [7, 11) is 0. The molecule has 1 N–H and O–H groups in total. The van der Waals surface area contributed by atoms with E-state index in [9.17, 15) is 4.79 Å². The normalized spacial score (nSPS) is 21.2. The van der Waals surface area contributed by atoms with E-state index in [1.807, 2.05) is 0 Å². The largest absolute Gasteiger partial charge is 0.379 e. The van der Waals surface area contributed by atoms with Crippen LogP contribution in [0.2, 0.25) is 5.02 Å². The van der Waals surface area contributed by atoms with Gasteiger partial charge in [-0.05, 0) is 33.1 Å². The average molecular weight is 314 g/mol. The van der Waals surface area contributed by atoms with Gasteiger partial charge in [-0.15, -0.1) is 0 Å². The number of hydrogen-bond donors (Lipinski definition) is 1. The lowest BCUT2D eigenvalue weighted by atomic mass is 9.94. The van der Waals surface area contributed by atoms with Crippen molar-refractivity contribution in [3.05, 3.63) is 21.6 Å². The van der Waals surface area contributed by atoms with Crippen molar-refractivity contribution in [2.75, 3.05) is 11.9 Å². The molecule has 0 spiro atoms. The van der Waals surface area contributed by atoms with Gasteiger partial charge in [0.05, 0.1) is 17.5 Å². The van der Waals surface area contributed by atoms with E-state index in [2.05, 4.69) is 31.2 Å². The van der Waals surface area contributed by atoms with E-state index < -0.39 is 0 Å². The summed E-state index contributed by atoms with van der Waals surface area (Å²) in [6.45, 7) is 7.55. The second kappa shape index (κ2) is 6.79. The molecule has 0 saturated carbocycles. The molecule has 1 unspecified atom stereocenters. The predicted molar refractivity (Wildman–Crippen MR) is 85.1 cm³/mol. The van der Waals surface area contributed by atoms with Gasteiger partial charge >= 0.3 is 0 Å². The van der Waals surface area contributed by atoms with Gasteiger partial charge in [-0.1, -0.05) is 24.9 Å². The topological polar surface area (TPSA) is 56.1 Å². The molecule has 1 saturated heterocycles. The van der Waals surface area contributed by atoms with E-state index in [4.69, 9.17) is 16.3 Å². The molecule has 0 bridgehead atoms. The average Bonchev–Trinajstić information content (AvgIpc) is 2.42. The minimum absolute atomic E-state index is 0.147. The van der Waals surface area contributed by atoms with Crippen molar-refractivity contribution in [3.8, 4) is 0 Å². The van der Waals surface area contributed by atoms with E-state index >= 15 is 0 Å². The molecule has 1 fully saturated rings. The first-order valence-electron chi connectivity index (χ1n) is 7.59. The van der Waals surface area contributed by atoms with Crippen LogP contribution in [0.1, 0.15) is 46.5 Å². The zero-order valence-electron chi connectivity index (χ0n) is 13.0. The summed E-state index contributed by atoms with van der Waals surface area (Å²) in [4.78, 5) is 12.2. The molecule has 118 valence electrons. The Balaban J connectivity index is 2.10. The van der Waals surface area contributed by atoms with Crippen molar-refractivity contribution in [1.82, 2.24) is 9.78 Å². The lowest BCUT2D eigenvalue weighted by Crippen LogP contribution is -2.40. The molecular formula is C15H24ClN3O2. The van der Waals surface area contributed by atoms with Gasteiger partial charge in [-0.2, -0.15) is 5.10 Å². The molecule has 0 aromatic carbocycles. The third-order valence-corrected chi connectivity index (χ3v) is 4.13. The molecule has 5 nitrogen and oxygen atoms in total. The van der Waals surface area contributed by atoms with Crippen LogP contribution in [-0.4, -0.2) is 28.0 Å². The fourth-order valence-corrected chi connectivity index (χ4v) is 2.81. The zero-order chi connectivity index (χ0) is 15.5. The molecular weight excluding hydrogens is 290 g/mol. The summed E-state index contributed by atoms with van der Waals surface area (Å²) in [5, 5.41) is 7.77. The zero-order valence-corrected chi connectivity index (χ0v) is 13.7. The van der Waals surface area contributed by atoms with E-state index in [1.54, 1.807) is 6.20 Å². The second-order valence-corrected chi connectivity index (χ2v) is 6.57. The number of ether oxygens (including phenoxy) is 1. The van der Waals surface area contributed by atoms with E-state index in [0.29, 0.717) is 18.8 Å². The molecule has 2 heterocycles. The van der Waals surface area contributed by atoms with Gasteiger partial charge in [0.25, 0.3) is 5.56 Å². The van der Waals surface area contributed by atoms with Crippen LogP contribution in [0, 0.1) is 0 Å².